The van der Waals surface area contributed by atoms with Crippen molar-refractivity contribution in [2.75, 3.05) is 0 Å². The number of hydrogen-bond donors (Lipinski definition) is 3. The molecule has 0 aliphatic heterocycles. The van der Waals surface area contributed by atoms with Crippen molar-refractivity contribution in [3.8, 4) is 11.5 Å². The summed E-state index contributed by atoms with van der Waals surface area (Å²) in [4.78, 5) is 0. The molecule has 0 aromatic heterocycles. The van der Waals surface area contributed by atoms with Crippen LogP contribution in [0.4, 0.5) is 0 Å². The molecule has 3 N–H and O–H groups in total. The Balaban J connectivity index is 3.33. The molecule has 12 heavy (non-hydrogen) atoms. The second-order valence-corrected chi connectivity index (χ2v) is 3.36. The number of aliphatic hydroxyl groups excluding tert-OH is 1. The highest BCUT2D eigenvalue weighted by Gasteiger charge is 2.14. The van der Waals surface area contributed by atoms with E-state index in [1.54, 1.807) is 6.07 Å². The quantitative estimate of drug-likeness (QED) is 0.649. The van der Waals surface area contributed by atoms with Gasteiger partial charge in [-0.15, -0.1) is 0 Å². The van der Waals surface area contributed by atoms with Crippen molar-refractivity contribution in [1.29, 1.82) is 0 Å². The van der Waals surface area contributed by atoms with Crippen LogP contribution in [-0.2, 0) is 0 Å². The lowest BCUT2D eigenvalue weighted by Gasteiger charge is -2.10. The van der Waals surface area contributed by atoms with Crippen molar-refractivity contribution in [3.63, 3.8) is 0 Å². The third-order valence-corrected chi connectivity index (χ3v) is 2.25. The molecule has 0 saturated heterocycles. The van der Waals surface area contributed by atoms with Gasteiger partial charge in [0.05, 0.1) is 6.10 Å². The highest BCUT2D eigenvalue weighted by atomic mass is 79.9. The van der Waals surface area contributed by atoms with E-state index in [0.29, 0.717) is 10.0 Å². The van der Waals surface area contributed by atoms with Crippen LogP contribution in [-0.4, -0.2) is 15.3 Å². The Morgan fingerprint density at radius 2 is 1.92 bits per heavy atom. The molecule has 0 amide bonds. The van der Waals surface area contributed by atoms with Gasteiger partial charge in [0.1, 0.15) is 0 Å². The zero-order valence-corrected chi connectivity index (χ0v) is 8.04. The summed E-state index contributed by atoms with van der Waals surface area (Å²) in [7, 11) is 0. The summed E-state index contributed by atoms with van der Waals surface area (Å²) in [6, 6.07) is 2.92. The average Bonchev–Trinajstić information content (AvgIpc) is 1.97. The summed E-state index contributed by atoms with van der Waals surface area (Å²) in [5.41, 5.74) is 0.301. The third kappa shape index (κ3) is 1.54. The molecule has 66 valence electrons. The zero-order valence-electron chi connectivity index (χ0n) is 6.45. The molecule has 0 aliphatic rings. The predicted molar refractivity (Wildman–Crippen MR) is 48.1 cm³/mol. The van der Waals surface area contributed by atoms with Gasteiger partial charge < -0.3 is 15.3 Å². The number of halogens is 1. The maximum Gasteiger partial charge on any atom is 0.164 e. The molecule has 0 heterocycles. The van der Waals surface area contributed by atoms with Crippen LogP contribution in [0.25, 0.3) is 0 Å². The van der Waals surface area contributed by atoms with Crippen LogP contribution in [0.1, 0.15) is 18.6 Å². The summed E-state index contributed by atoms with van der Waals surface area (Å²) in [5.74, 6) is -0.506. The minimum Gasteiger partial charge on any atom is -0.504 e. The monoisotopic (exact) mass is 232 g/mol. The van der Waals surface area contributed by atoms with Crippen molar-refractivity contribution in [2.45, 2.75) is 13.0 Å². The smallest absolute Gasteiger partial charge is 0.164 e. The molecule has 0 bridgehead atoms. The maximum absolute atomic E-state index is 9.31. The molecule has 0 radical (unpaired) electrons. The van der Waals surface area contributed by atoms with Gasteiger partial charge in [0.25, 0.3) is 0 Å². The Hall–Kier alpha value is -0.740. The minimum absolute atomic E-state index is 0.228. The van der Waals surface area contributed by atoms with Crippen molar-refractivity contribution in [1.82, 2.24) is 0 Å². The summed E-state index contributed by atoms with van der Waals surface area (Å²) in [5, 5.41) is 27.6. The van der Waals surface area contributed by atoms with Gasteiger partial charge in [-0.05, 0) is 19.1 Å². The first-order valence-electron chi connectivity index (χ1n) is 3.42. The molecular weight excluding hydrogens is 224 g/mol. The van der Waals surface area contributed by atoms with Crippen molar-refractivity contribution < 1.29 is 15.3 Å². The van der Waals surface area contributed by atoms with E-state index < -0.39 is 6.10 Å². The summed E-state index contributed by atoms with van der Waals surface area (Å²) in [6.45, 7) is 1.51. The third-order valence-electron chi connectivity index (χ3n) is 1.56. The number of aliphatic hydroxyl groups is 1. The molecule has 0 aliphatic carbocycles. The predicted octanol–water partition coefficient (Wildman–Crippen LogP) is 1.91. The Kier molecular flexibility index (Phi) is 2.59. The van der Waals surface area contributed by atoms with Gasteiger partial charge >= 0.3 is 0 Å². The van der Waals surface area contributed by atoms with E-state index in [-0.39, 0.29) is 11.5 Å². The second kappa shape index (κ2) is 3.33. The van der Waals surface area contributed by atoms with Crippen molar-refractivity contribution in [2.24, 2.45) is 0 Å². The van der Waals surface area contributed by atoms with Gasteiger partial charge in [0, 0.05) is 10.0 Å². The Morgan fingerprint density at radius 1 is 1.33 bits per heavy atom. The molecule has 0 spiro atoms. The number of hydrogen-bond acceptors (Lipinski definition) is 3. The Morgan fingerprint density at radius 3 is 2.33 bits per heavy atom. The molecule has 1 atom stereocenters. The lowest BCUT2D eigenvalue weighted by Crippen LogP contribution is -1.93. The minimum atomic E-state index is -0.813. The number of aromatic hydroxyl groups is 2. The van der Waals surface area contributed by atoms with Crippen molar-refractivity contribution in [3.05, 3.63) is 22.2 Å². The largest absolute Gasteiger partial charge is 0.504 e. The molecule has 1 aromatic rings. The van der Waals surface area contributed by atoms with E-state index in [2.05, 4.69) is 15.9 Å². The van der Waals surface area contributed by atoms with Crippen molar-refractivity contribution >= 4 is 15.9 Å². The maximum atomic E-state index is 9.31. The molecule has 4 heteroatoms. The lowest BCUT2D eigenvalue weighted by atomic mass is 10.1. The summed E-state index contributed by atoms with van der Waals surface area (Å²) < 4.78 is 0.577. The first-order valence-corrected chi connectivity index (χ1v) is 4.21. The van der Waals surface area contributed by atoms with Gasteiger partial charge in [-0.25, -0.2) is 0 Å². The normalized spacial score (nSPS) is 12.9. The van der Waals surface area contributed by atoms with Crippen LogP contribution in [0.3, 0.4) is 0 Å². The van der Waals surface area contributed by atoms with Gasteiger partial charge in [0.15, 0.2) is 11.5 Å². The number of phenolic OH excluding ortho intramolecular Hbond substituents is 2. The number of rotatable bonds is 1. The van der Waals surface area contributed by atoms with Crippen LogP contribution in [0.5, 0.6) is 11.5 Å². The van der Waals surface area contributed by atoms with Crippen LogP contribution in [0, 0.1) is 0 Å². The highest BCUT2D eigenvalue weighted by Crippen LogP contribution is 2.37. The van der Waals surface area contributed by atoms with Gasteiger partial charge in [0.2, 0.25) is 0 Å². The Labute approximate surface area is 78.4 Å². The molecule has 0 saturated carbocycles. The summed E-state index contributed by atoms with van der Waals surface area (Å²) >= 11 is 3.15. The molecule has 1 aromatic carbocycles. The van der Waals surface area contributed by atoms with E-state index in [1.807, 2.05) is 0 Å². The molecule has 1 unspecified atom stereocenters. The average molecular weight is 233 g/mol. The van der Waals surface area contributed by atoms with Crippen LogP contribution in [0.2, 0.25) is 0 Å². The first kappa shape index (κ1) is 9.35. The van der Waals surface area contributed by atoms with E-state index >= 15 is 0 Å². The van der Waals surface area contributed by atoms with E-state index in [4.69, 9.17) is 5.11 Å². The fourth-order valence-corrected chi connectivity index (χ4v) is 1.62. The van der Waals surface area contributed by atoms with Crippen LogP contribution >= 0.6 is 15.9 Å². The fourth-order valence-electron chi connectivity index (χ4n) is 0.969. The lowest BCUT2D eigenvalue weighted by molar-refractivity contribution is 0.193. The van der Waals surface area contributed by atoms with E-state index in [1.165, 1.54) is 13.0 Å². The van der Waals surface area contributed by atoms with Crippen LogP contribution in [0.15, 0.2) is 16.6 Å². The number of phenols is 2. The fraction of sp³-hybridized carbons (Fsp3) is 0.250. The Bertz CT molecular complexity index is 297. The van der Waals surface area contributed by atoms with Crippen LogP contribution < -0.4 is 0 Å². The molecule has 3 nitrogen and oxygen atoms in total. The zero-order chi connectivity index (χ0) is 9.30. The van der Waals surface area contributed by atoms with Gasteiger partial charge in [-0.3, -0.25) is 0 Å². The first-order chi connectivity index (χ1) is 5.54. The highest BCUT2D eigenvalue weighted by molar-refractivity contribution is 9.10. The van der Waals surface area contributed by atoms with E-state index in [9.17, 15) is 10.2 Å². The van der Waals surface area contributed by atoms with Gasteiger partial charge in [-0.2, -0.15) is 0 Å². The molecule has 0 fully saturated rings. The van der Waals surface area contributed by atoms with Gasteiger partial charge in [-0.1, -0.05) is 15.9 Å². The molecule has 1 rings (SSSR count). The standard InChI is InChI=1S/C8H9BrO3/c1-4(10)7-5(9)2-3-6(11)8(7)12/h2-4,10-12H,1H3. The second-order valence-electron chi connectivity index (χ2n) is 2.50. The summed E-state index contributed by atoms with van der Waals surface area (Å²) in [6.07, 6.45) is -0.813. The van der Waals surface area contributed by atoms with E-state index in [0.717, 1.165) is 0 Å². The number of benzene rings is 1. The topological polar surface area (TPSA) is 60.7 Å². The molecular formula is C8H9BrO3. The SMILES string of the molecule is CC(O)c1c(Br)ccc(O)c1O.